The van der Waals surface area contributed by atoms with E-state index in [2.05, 4.69) is 4.74 Å². The van der Waals surface area contributed by atoms with Crippen molar-refractivity contribution in [2.45, 2.75) is 0 Å². The summed E-state index contributed by atoms with van der Waals surface area (Å²) in [6.07, 6.45) is 0. The lowest BCUT2D eigenvalue weighted by atomic mass is 10.1. The molecule has 0 spiro atoms. The van der Waals surface area contributed by atoms with Gasteiger partial charge in [-0.1, -0.05) is 23.2 Å². The van der Waals surface area contributed by atoms with Crippen molar-refractivity contribution in [1.29, 1.82) is 0 Å². The van der Waals surface area contributed by atoms with E-state index in [1.54, 1.807) is 30.3 Å². The molecule has 0 aliphatic carbocycles. The molecule has 2 rings (SSSR count). The zero-order valence-electron chi connectivity index (χ0n) is 10.5. The lowest BCUT2D eigenvalue weighted by molar-refractivity contribution is 0.0601. The Balaban J connectivity index is 2.29. The van der Waals surface area contributed by atoms with E-state index in [1.807, 2.05) is 0 Å². The Kier molecular flexibility index (Phi) is 4.37. The van der Waals surface area contributed by atoms with Crippen LogP contribution in [0.25, 0.3) is 0 Å². The number of anilines is 1. The number of methoxy groups -OCH3 is 1. The zero-order chi connectivity index (χ0) is 14.7. The van der Waals surface area contributed by atoms with Gasteiger partial charge in [0.2, 0.25) is 0 Å². The quantitative estimate of drug-likeness (QED) is 0.683. The summed E-state index contributed by atoms with van der Waals surface area (Å²) in [4.78, 5) is 11.5. The van der Waals surface area contributed by atoms with Crippen molar-refractivity contribution >= 4 is 34.9 Å². The summed E-state index contributed by atoms with van der Waals surface area (Å²) >= 11 is 11.7. The molecule has 104 valence electrons. The van der Waals surface area contributed by atoms with Crippen molar-refractivity contribution in [3.63, 3.8) is 0 Å². The van der Waals surface area contributed by atoms with Gasteiger partial charge >= 0.3 is 5.97 Å². The molecule has 0 saturated carbocycles. The first-order valence-electron chi connectivity index (χ1n) is 5.62. The van der Waals surface area contributed by atoms with Crippen LogP contribution < -0.4 is 10.5 Å². The number of halogens is 2. The highest BCUT2D eigenvalue weighted by Gasteiger charge is 2.12. The summed E-state index contributed by atoms with van der Waals surface area (Å²) in [5, 5.41) is 0.819. The molecule has 0 bridgehead atoms. The number of nitrogens with two attached hydrogens (primary N) is 1. The lowest BCUT2D eigenvalue weighted by Crippen LogP contribution is -2.05. The third kappa shape index (κ3) is 3.15. The smallest absolute Gasteiger partial charge is 0.340 e. The molecule has 2 aromatic rings. The Bertz CT molecular complexity index is 659. The minimum atomic E-state index is -0.526. The average molecular weight is 312 g/mol. The zero-order valence-corrected chi connectivity index (χ0v) is 12.0. The first-order valence-corrected chi connectivity index (χ1v) is 6.37. The van der Waals surface area contributed by atoms with Crippen LogP contribution >= 0.6 is 23.2 Å². The molecule has 2 aromatic carbocycles. The van der Waals surface area contributed by atoms with E-state index in [0.29, 0.717) is 27.2 Å². The molecule has 4 nitrogen and oxygen atoms in total. The minimum Gasteiger partial charge on any atom is -0.465 e. The molecule has 0 radical (unpaired) electrons. The van der Waals surface area contributed by atoms with Gasteiger partial charge in [-0.2, -0.15) is 0 Å². The fourth-order valence-electron chi connectivity index (χ4n) is 1.56. The van der Waals surface area contributed by atoms with Crippen molar-refractivity contribution in [2.24, 2.45) is 0 Å². The topological polar surface area (TPSA) is 61.5 Å². The highest BCUT2D eigenvalue weighted by Crippen LogP contribution is 2.30. The fraction of sp³-hybridized carbons (Fsp3) is 0.0714. The second-order valence-electron chi connectivity index (χ2n) is 3.92. The van der Waals surface area contributed by atoms with Crippen molar-refractivity contribution in [2.75, 3.05) is 12.8 Å². The Labute approximate surface area is 126 Å². The van der Waals surface area contributed by atoms with Crippen LogP contribution in [0.5, 0.6) is 11.5 Å². The van der Waals surface area contributed by atoms with Crippen LogP contribution in [-0.4, -0.2) is 13.1 Å². The third-order valence-electron chi connectivity index (χ3n) is 2.56. The van der Waals surface area contributed by atoms with E-state index in [0.717, 1.165) is 0 Å². The first-order chi connectivity index (χ1) is 9.51. The van der Waals surface area contributed by atoms with Crippen LogP contribution in [-0.2, 0) is 4.74 Å². The maximum absolute atomic E-state index is 11.5. The van der Waals surface area contributed by atoms with Crippen molar-refractivity contribution in [3.05, 3.63) is 52.0 Å². The monoisotopic (exact) mass is 311 g/mol. The van der Waals surface area contributed by atoms with Crippen LogP contribution in [0.15, 0.2) is 36.4 Å². The summed E-state index contributed by atoms with van der Waals surface area (Å²) in [5.74, 6) is 0.417. The van der Waals surface area contributed by atoms with Gasteiger partial charge in [-0.05, 0) is 30.3 Å². The Hall–Kier alpha value is -1.91. The first kappa shape index (κ1) is 14.5. The van der Waals surface area contributed by atoms with Gasteiger partial charge in [0, 0.05) is 11.8 Å². The van der Waals surface area contributed by atoms with E-state index in [-0.39, 0.29) is 5.56 Å². The predicted octanol–water partition coefficient (Wildman–Crippen LogP) is 4.15. The molecular weight excluding hydrogens is 301 g/mol. The highest BCUT2D eigenvalue weighted by molar-refractivity contribution is 6.42. The van der Waals surface area contributed by atoms with E-state index >= 15 is 0 Å². The summed E-state index contributed by atoms with van der Waals surface area (Å²) in [5.41, 5.74) is 6.27. The number of ether oxygens (including phenoxy) is 2. The Morgan fingerprint density at radius 1 is 1.05 bits per heavy atom. The molecule has 0 aliphatic rings. The molecule has 0 fully saturated rings. The maximum atomic E-state index is 11.5. The highest BCUT2D eigenvalue weighted by atomic mass is 35.5. The molecule has 0 unspecified atom stereocenters. The molecular formula is C14H11Cl2NO3. The van der Waals surface area contributed by atoms with Crippen molar-refractivity contribution in [3.8, 4) is 11.5 Å². The maximum Gasteiger partial charge on any atom is 0.340 e. The number of carbonyl (C=O) groups excluding carboxylic acids is 1. The van der Waals surface area contributed by atoms with Gasteiger partial charge in [-0.3, -0.25) is 0 Å². The van der Waals surface area contributed by atoms with Gasteiger partial charge in [0.05, 0.1) is 22.7 Å². The number of hydrogen-bond donors (Lipinski definition) is 1. The molecule has 0 aliphatic heterocycles. The fourth-order valence-corrected chi connectivity index (χ4v) is 1.85. The summed E-state index contributed by atoms with van der Waals surface area (Å²) < 4.78 is 10.2. The molecule has 0 heterocycles. The summed E-state index contributed by atoms with van der Waals surface area (Å²) in [6, 6.07) is 9.59. The van der Waals surface area contributed by atoms with Gasteiger partial charge in [-0.15, -0.1) is 0 Å². The Morgan fingerprint density at radius 2 is 1.70 bits per heavy atom. The largest absolute Gasteiger partial charge is 0.465 e. The average Bonchev–Trinajstić information content (AvgIpc) is 2.44. The van der Waals surface area contributed by atoms with Crippen molar-refractivity contribution in [1.82, 2.24) is 0 Å². The second-order valence-corrected chi connectivity index (χ2v) is 4.73. The van der Waals surface area contributed by atoms with Crippen molar-refractivity contribution < 1.29 is 14.3 Å². The van der Waals surface area contributed by atoms with E-state index in [4.69, 9.17) is 33.7 Å². The minimum absolute atomic E-state index is 0.241. The predicted molar refractivity (Wildman–Crippen MR) is 78.7 cm³/mol. The van der Waals surface area contributed by atoms with Crippen LogP contribution in [0.2, 0.25) is 10.0 Å². The van der Waals surface area contributed by atoms with Gasteiger partial charge in [0.25, 0.3) is 0 Å². The summed E-state index contributed by atoms with van der Waals surface area (Å²) in [7, 11) is 1.29. The Morgan fingerprint density at radius 3 is 2.35 bits per heavy atom. The van der Waals surface area contributed by atoms with Crippen LogP contribution in [0, 0.1) is 0 Å². The standard InChI is InChI=1S/C14H11Cl2NO3/c1-19-14(18)10-6-8(3-5-13(10)17)20-9-2-4-11(15)12(16)7-9/h2-7H,17H2,1H3. The molecule has 0 saturated heterocycles. The van der Waals surface area contributed by atoms with Gasteiger partial charge < -0.3 is 15.2 Å². The molecule has 0 amide bonds. The van der Waals surface area contributed by atoms with E-state index in [9.17, 15) is 4.79 Å². The number of nitrogen functional groups attached to an aromatic ring is 1. The SMILES string of the molecule is COC(=O)c1cc(Oc2ccc(Cl)c(Cl)c2)ccc1N. The molecule has 0 aromatic heterocycles. The molecule has 2 N–H and O–H groups in total. The summed E-state index contributed by atoms with van der Waals surface area (Å²) in [6.45, 7) is 0. The van der Waals surface area contributed by atoms with Gasteiger partial charge in [-0.25, -0.2) is 4.79 Å². The number of hydrogen-bond acceptors (Lipinski definition) is 4. The van der Waals surface area contributed by atoms with Gasteiger partial charge in [0.15, 0.2) is 0 Å². The number of rotatable bonds is 3. The number of benzene rings is 2. The second kappa shape index (κ2) is 6.03. The third-order valence-corrected chi connectivity index (χ3v) is 3.30. The lowest BCUT2D eigenvalue weighted by Gasteiger charge is -2.09. The molecule has 0 atom stereocenters. The van der Waals surface area contributed by atoms with E-state index < -0.39 is 5.97 Å². The van der Waals surface area contributed by atoms with Crippen LogP contribution in [0.1, 0.15) is 10.4 Å². The molecule has 6 heteroatoms. The normalized spacial score (nSPS) is 10.2. The number of carbonyl (C=O) groups is 1. The van der Waals surface area contributed by atoms with E-state index in [1.165, 1.54) is 13.2 Å². The van der Waals surface area contributed by atoms with Gasteiger partial charge in [0.1, 0.15) is 11.5 Å². The van der Waals surface area contributed by atoms with Crippen LogP contribution in [0.3, 0.4) is 0 Å². The van der Waals surface area contributed by atoms with Crippen LogP contribution in [0.4, 0.5) is 5.69 Å². The number of esters is 1. The molecule has 20 heavy (non-hydrogen) atoms.